The van der Waals surface area contributed by atoms with E-state index >= 15 is 0 Å². The van der Waals surface area contributed by atoms with Crippen LogP contribution in [0.4, 0.5) is 11.4 Å². The van der Waals surface area contributed by atoms with Gasteiger partial charge in [0.25, 0.3) is 5.91 Å². The van der Waals surface area contributed by atoms with E-state index in [1.54, 1.807) is 6.07 Å². The van der Waals surface area contributed by atoms with Crippen molar-refractivity contribution < 1.29 is 9.21 Å². The maximum absolute atomic E-state index is 12.9. The van der Waals surface area contributed by atoms with Crippen LogP contribution in [0.15, 0.2) is 71.1 Å². The van der Waals surface area contributed by atoms with E-state index < -0.39 is 0 Å². The minimum Gasteiger partial charge on any atom is -0.451 e. The van der Waals surface area contributed by atoms with Gasteiger partial charge in [-0.1, -0.05) is 30.3 Å². The first-order valence-electron chi connectivity index (χ1n) is 10.7. The van der Waals surface area contributed by atoms with E-state index in [-0.39, 0.29) is 11.9 Å². The number of hydrogen-bond donors (Lipinski definition) is 2. The van der Waals surface area contributed by atoms with Crippen molar-refractivity contribution in [3.8, 4) is 11.3 Å². The molecule has 4 heterocycles. The number of hydrogen-bond acceptors (Lipinski definition) is 4. The number of para-hydroxylation sites is 1. The summed E-state index contributed by atoms with van der Waals surface area (Å²) >= 11 is 0. The summed E-state index contributed by atoms with van der Waals surface area (Å²) in [4.78, 5) is 15.3. The summed E-state index contributed by atoms with van der Waals surface area (Å²) in [6, 6.07) is 22.3. The molecule has 0 spiro atoms. The Bertz CT molecular complexity index is 1020. The average molecular weight is 402 g/mol. The van der Waals surface area contributed by atoms with Crippen molar-refractivity contribution in [1.82, 2.24) is 10.2 Å². The molecule has 154 valence electrons. The van der Waals surface area contributed by atoms with Crippen LogP contribution in [-0.4, -0.2) is 36.0 Å². The standard InChI is InChI=1S/C25H27N3O2/c1-17-24(18-12-14-28(17)15-13-18)27-25(29)23-11-10-22(30-23)19-6-5-9-21(16-19)26-20-7-3-2-4-8-20/h2-11,16-18,24,26H,12-15H2,1H3,(H,27,29). The van der Waals surface area contributed by atoms with Gasteiger partial charge in [-0.3, -0.25) is 9.69 Å². The summed E-state index contributed by atoms with van der Waals surface area (Å²) < 4.78 is 5.94. The summed E-state index contributed by atoms with van der Waals surface area (Å²) in [6.45, 7) is 4.52. The zero-order chi connectivity index (χ0) is 20.5. The molecule has 3 aliphatic rings. The molecule has 1 amide bonds. The predicted molar refractivity (Wildman–Crippen MR) is 119 cm³/mol. The second kappa shape index (κ2) is 8.00. The van der Waals surface area contributed by atoms with Gasteiger partial charge in [0.1, 0.15) is 5.76 Å². The van der Waals surface area contributed by atoms with Crippen molar-refractivity contribution in [2.75, 3.05) is 18.4 Å². The molecule has 2 atom stereocenters. The number of benzene rings is 2. The first kappa shape index (κ1) is 18.9. The lowest BCUT2D eigenvalue weighted by Gasteiger charge is -2.49. The van der Waals surface area contributed by atoms with Gasteiger partial charge in [-0.15, -0.1) is 0 Å². The lowest BCUT2D eigenvalue weighted by molar-refractivity contribution is 0.0211. The second-order valence-corrected chi connectivity index (χ2v) is 8.35. The summed E-state index contributed by atoms with van der Waals surface area (Å²) in [6.07, 6.45) is 2.33. The molecule has 3 fully saturated rings. The molecule has 0 saturated carbocycles. The topological polar surface area (TPSA) is 57.5 Å². The number of furan rings is 1. The third kappa shape index (κ3) is 3.73. The molecule has 3 saturated heterocycles. The normalized spacial score (nSPS) is 25.1. The van der Waals surface area contributed by atoms with Crippen molar-refractivity contribution >= 4 is 17.3 Å². The number of amides is 1. The van der Waals surface area contributed by atoms with Crippen LogP contribution in [-0.2, 0) is 0 Å². The Labute approximate surface area is 177 Å². The Morgan fingerprint density at radius 1 is 0.967 bits per heavy atom. The Balaban J connectivity index is 1.29. The Morgan fingerprint density at radius 2 is 1.73 bits per heavy atom. The molecule has 2 unspecified atom stereocenters. The third-order valence-electron chi connectivity index (χ3n) is 6.51. The maximum Gasteiger partial charge on any atom is 0.287 e. The van der Waals surface area contributed by atoms with Crippen molar-refractivity contribution in [2.24, 2.45) is 5.92 Å². The highest BCUT2D eigenvalue weighted by molar-refractivity contribution is 5.92. The lowest BCUT2D eigenvalue weighted by atomic mass is 9.79. The molecule has 5 nitrogen and oxygen atoms in total. The summed E-state index contributed by atoms with van der Waals surface area (Å²) in [5.41, 5.74) is 2.94. The minimum absolute atomic E-state index is 0.120. The molecule has 5 heteroatoms. The number of rotatable bonds is 5. The molecular formula is C25H27N3O2. The minimum atomic E-state index is -0.120. The van der Waals surface area contributed by atoms with E-state index in [1.807, 2.05) is 60.7 Å². The highest BCUT2D eigenvalue weighted by atomic mass is 16.3. The molecule has 6 rings (SSSR count). The number of nitrogens with zero attached hydrogens (tertiary/aromatic N) is 1. The molecule has 0 radical (unpaired) electrons. The van der Waals surface area contributed by atoms with Gasteiger partial charge in [0.05, 0.1) is 0 Å². The largest absolute Gasteiger partial charge is 0.451 e. The van der Waals surface area contributed by atoms with Crippen LogP contribution >= 0.6 is 0 Å². The molecule has 2 aromatic carbocycles. The van der Waals surface area contributed by atoms with Gasteiger partial charge < -0.3 is 15.1 Å². The third-order valence-corrected chi connectivity index (χ3v) is 6.51. The lowest BCUT2D eigenvalue weighted by Crippen LogP contribution is -2.62. The Hall–Kier alpha value is -3.05. The van der Waals surface area contributed by atoms with E-state index in [0.29, 0.717) is 23.5 Å². The fourth-order valence-electron chi connectivity index (χ4n) is 4.82. The summed E-state index contributed by atoms with van der Waals surface area (Å²) in [5.74, 6) is 1.52. The van der Waals surface area contributed by atoms with Crippen LogP contribution in [0.3, 0.4) is 0 Å². The van der Waals surface area contributed by atoms with Gasteiger partial charge in [0.15, 0.2) is 5.76 Å². The highest BCUT2D eigenvalue weighted by Crippen LogP contribution is 2.32. The first-order valence-corrected chi connectivity index (χ1v) is 10.7. The smallest absolute Gasteiger partial charge is 0.287 e. The van der Waals surface area contributed by atoms with Gasteiger partial charge in [0.2, 0.25) is 0 Å². The second-order valence-electron chi connectivity index (χ2n) is 8.35. The Kier molecular flexibility index (Phi) is 5.05. The molecule has 2 N–H and O–H groups in total. The van der Waals surface area contributed by atoms with E-state index in [4.69, 9.17) is 4.42 Å². The van der Waals surface area contributed by atoms with E-state index in [9.17, 15) is 4.79 Å². The monoisotopic (exact) mass is 401 g/mol. The zero-order valence-electron chi connectivity index (χ0n) is 17.2. The number of piperidine rings is 3. The van der Waals surface area contributed by atoms with Crippen LogP contribution < -0.4 is 10.6 Å². The van der Waals surface area contributed by atoms with Crippen LogP contribution in [0.5, 0.6) is 0 Å². The van der Waals surface area contributed by atoms with Gasteiger partial charge >= 0.3 is 0 Å². The molecule has 2 bridgehead atoms. The Morgan fingerprint density at radius 3 is 2.50 bits per heavy atom. The SMILES string of the molecule is CC1C(NC(=O)c2ccc(-c3cccc(Nc4ccccc4)c3)o2)C2CCN1CC2. The van der Waals surface area contributed by atoms with Crippen LogP contribution in [0.2, 0.25) is 0 Å². The average Bonchev–Trinajstić information content (AvgIpc) is 3.28. The predicted octanol–water partition coefficient (Wildman–Crippen LogP) is 4.90. The van der Waals surface area contributed by atoms with Gasteiger partial charge in [0, 0.05) is 29.0 Å². The molecule has 3 aliphatic heterocycles. The van der Waals surface area contributed by atoms with Crippen LogP contribution in [0, 0.1) is 5.92 Å². The van der Waals surface area contributed by atoms with Crippen molar-refractivity contribution in [3.05, 3.63) is 72.5 Å². The molecule has 30 heavy (non-hydrogen) atoms. The molecule has 3 aromatic rings. The molecule has 0 aliphatic carbocycles. The van der Waals surface area contributed by atoms with Crippen LogP contribution in [0.1, 0.15) is 30.3 Å². The maximum atomic E-state index is 12.9. The number of anilines is 2. The number of fused-ring (bicyclic) bond motifs is 3. The first-order chi connectivity index (χ1) is 14.7. The highest BCUT2D eigenvalue weighted by Gasteiger charge is 2.40. The molecular weight excluding hydrogens is 374 g/mol. The quantitative estimate of drug-likeness (QED) is 0.638. The van der Waals surface area contributed by atoms with Crippen molar-refractivity contribution in [1.29, 1.82) is 0 Å². The fraction of sp³-hybridized carbons (Fsp3) is 0.320. The van der Waals surface area contributed by atoms with Crippen molar-refractivity contribution in [2.45, 2.75) is 31.8 Å². The van der Waals surface area contributed by atoms with Crippen LogP contribution in [0.25, 0.3) is 11.3 Å². The van der Waals surface area contributed by atoms with Crippen molar-refractivity contribution in [3.63, 3.8) is 0 Å². The number of carbonyl (C=O) groups is 1. The molecule has 1 aromatic heterocycles. The number of nitrogens with one attached hydrogen (secondary N) is 2. The summed E-state index contributed by atoms with van der Waals surface area (Å²) in [7, 11) is 0. The number of carbonyl (C=O) groups excluding carboxylic acids is 1. The van der Waals surface area contributed by atoms with Gasteiger partial charge in [-0.25, -0.2) is 0 Å². The van der Waals surface area contributed by atoms with E-state index in [1.165, 1.54) is 12.8 Å². The van der Waals surface area contributed by atoms with Gasteiger partial charge in [-0.05, 0) is 75.2 Å². The summed E-state index contributed by atoms with van der Waals surface area (Å²) in [5, 5.41) is 6.63. The fourth-order valence-corrected chi connectivity index (χ4v) is 4.82. The van der Waals surface area contributed by atoms with Gasteiger partial charge in [-0.2, -0.15) is 0 Å². The van der Waals surface area contributed by atoms with E-state index in [2.05, 4.69) is 22.5 Å². The zero-order valence-corrected chi connectivity index (χ0v) is 17.2. The van der Waals surface area contributed by atoms with E-state index in [0.717, 1.165) is 30.0 Å².